The van der Waals surface area contributed by atoms with Crippen LogP contribution in [0.5, 0.6) is 0 Å². The van der Waals surface area contributed by atoms with Crippen molar-refractivity contribution in [2.45, 2.75) is 20.4 Å². The first-order valence-corrected chi connectivity index (χ1v) is 5.47. The number of hydrogen-bond acceptors (Lipinski definition) is 2. The number of aryl methyl sites for hydroxylation is 2. The SMILES string of the molecule is Cc1ccc(CNc2cccc(C)n2)cc1. The molecule has 2 heteroatoms. The lowest BCUT2D eigenvalue weighted by Gasteiger charge is -2.06. The summed E-state index contributed by atoms with van der Waals surface area (Å²) in [6.07, 6.45) is 0. The van der Waals surface area contributed by atoms with Crippen LogP contribution in [-0.2, 0) is 6.54 Å². The number of nitrogens with zero attached hydrogens (tertiary/aromatic N) is 1. The average Bonchev–Trinajstić information content (AvgIpc) is 2.28. The number of anilines is 1. The van der Waals surface area contributed by atoms with Crippen LogP contribution in [0.3, 0.4) is 0 Å². The summed E-state index contributed by atoms with van der Waals surface area (Å²) in [5.41, 5.74) is 3.60. The lowest BCUT2D eigenvalue weighted by Crippen LogP contribution is -2.01. The minimum Gasteiger partial charge on any atom is -0.366 e. The molecule has 1 heterocycles. The van der Waals surface area contributed by atoms with E-state index in [4.69, 9.17) is 0 Å². The molecule has 0 spiro atoms. The lowest BCUT2D eigenvalue weighted by molar-refractivity contribution is 1.09. The maximum Gasteiger partial charge on any atom is 0.126 e. The molecule has 1 N–H and O–H groups in total. The third-order valence-electron chi connectivity index (χ3n) is 2.48. The van der Waals surface area contributed by atoms with Gasteiger partial charge in [0.15, 0.2) is 0 Å². The van der Waals surface area contributed by atoms with Crippen molar-refractivity contribution in [2.24, 2.45) is 0 Å². The molecule has 0 saturated heterocycles. The number of nitrogens with one attached hydrogen (secondary N) is 1. The van der Waals surface area contributed by atoms with Crippen LogP contribution in [0.1, 0.15) is 16.8 Å². The molecule has 1 aromatic carbocycles. The van der Waals surface area contributed by atoms with Crippen molar-refractivity contribution in [3.63, 3.8) is 0 Å². The zero-order valence-corrected chi connectivity index (χ0v) is 9.70. The highest BCUT2D eigenvalue weighted by molar-refractivity contribution is 5.36. The number of benzene rings is 1. The van der Waals surface area contributed by atoms with Gasteiger partial charge in [-0.25, -0.2) is 4.98 Å². The van der Waals surface area contributed by atoms with Crippen LogP contribution < -0.4 is 5.32 Å². The highest BCUT2D eigenvalue weighted by Crippen LogP contribution is 2.08. The molecule has 0 saturated carbocycles. The van der Waals surface area contributed by atoms with Gasteiger partial charge in [-0.15, -0.1) is 0 Å². The van der Waals surface area contributed by atoms with Gasteiger partial charge in [-0.1, -0.05) is 35.9 Å². The van der Waals surface area contributed by atoms with E-state index in [1.807, 2.05) is 25.1 Å². The van der Waals surface area contributed by atoms with E-state index in [-0.39, 0.29) is 0 Å². The van der Waals surface area contributed by atoms with E-state index in [1.165, 1.54) is 11.1 Å². The predicted molar refractivity (Wildman–Crippen MR) is 67.5 cm³/mol. The van der Waals surface area contributed by atoms with E-state index in [0.717, 1.165) is 18.1 Å². The van der Waals surface area contributed by atoms with Crippen molar-refractivity contribution in [1.29, 1.82) is 0 Å². The molecule has 82 valence electrons. The Balaban J connectivity index is 1.99. The van der Waals surface area contributed by atoms with E-state index in [0.29, 0.717) is 0 Å². The summed E-state index contributed by atoms with van der Waals surface area (Å²) in [5.74, 6) is 0.931. The summed E-state index contributed by atoms with van der Waals surface area (Å²) in [6, 6.07) is 14.5. The molecule has 2 nitrogen and oxygen atoms in total. The van der Waals surface area contributed by atoms with E-state index in [9.17, 15) is 0 Å². The molecule has 0 fully saturated rings. The van der Waals surface area contributed by atoms with Crippen molar-refractivity contribution in [2.75, 3.05) is 5.32 Å². The van der Waals surface area contributed by atoms with E-state index in [2.05, 4.69) is 41.5 Å². The minimum atomic E-state index is 0.816. The molecule has 0 aliphatic heterocycles. The molecule has 2 rings (SSSR count). The molecular formula is C14H16N2. The van der Waals surface area contributed by atoms with Crippen LogP contribution in [-0.4, -0.2) is 4.98 Å². The van der Waals surface area contributed by atoms with Gasteiger partial charge in [-0.05, 0) is 31.5 Å². The number of hydrogen-bond donors (Lipinski definition) is 1. The smallest absolute Gasteiger partial charge is 0.126 e. The van der Waals surface area contributed by atoms with Crippen LogP contribution in [0.2, 0.25) is 0 Å². The van der Waals surface area contributed by atoms with E-state index in [1.54, 1.807) is 0 Å². The molecule has 0 aliphatic carbocycles. The van der Waals surface area contributed by atoms with E-state index >= 15 is 0 Å². The summed E-state index contributed by atoms with van der Waals surface area (Å²) >= 11 is 0. The standard InChI is InChI=1S/C14H16N2/c1-11-6-8-13(9-7-11)10-15-14-5-3-4-12(2)16-14/h3-9H,10H2,1-2H3,(H,15,16). The van der Waals surface area contributed by atoms with Crippen LogP contribution in [0.25, 0.3) is 0 Å². The van der Waals surface area contributed by atoms with Gasteiger partial charge in [0.05, 0.1) is 0 Å². The first-order chi connectivity index (χ1) is 7.74. The molecule has 0 amide bonds. The van der Waals surface area contributed by atoms with Crippen molar-refractivity contribution in [3.05, 3.63) is 59.3 Å². The molecule has 0 aliphatic rings. The highest BCUT2D eigenvalue weighted by atomic mass is 15.0. The van der Waals surface area contributed by atoms with Crippen LogP contribution in [0.4, 0.5) is 5.82 Å². The second kappa shape index (κ2) is 4.79. The monoisotopic (exact) mass is 212 g/mol. The maximum absolute atomic E-state index is 4.39. The fourth-order valence-electron chi connectivity index (χ4n) is 1.54. The average molecular weight is 212 g/mol. The highest BCUT2D eigenvalue weighted by Gasteiger charge is 1.95. The summed E-state index contributed by atoms with van der Waals surface area (Å²) in [7, 11) is 0. The Morgan fingerprint density at radius 3 is 2.44 bits per heavy atom. The number of aromatic nitrogens is 1. The second-order valence-corrected chi connectivity index (χ2v) is 4.00. The van der Waals surface area contributed by atoms with Gasteiger partial charge in [-0.3, -0.25) is 0 Å². The zero-order valence-electron chi connectivity index (χ0n) is 9.70. The normalized spacial score (nSPS) is 10.1. The third kappa shape index (κ3) is 2.83. The van der Waals surface area contributed by atoms with Crippen LogP contribution >= 0.6 is 0 Å². The number of rotatable bonds is 3. The largest absolute Gasteiger partial charge is 0.366 e. The molecule has 1 aromatic heterocycles. The third-order valence-corrected chi connectivity index (χ3v) is 2.48. The van der Waals surface area contributed by atoms with Gasteiger partial charge in [-0.2, -0.15) is 0 Å². The fraction of sp³-hybridized carbons (Fsp3) is 0.214. The Bertz CT molecular complexity index is 460. The quantitative estimate of drug-likeness (QED) is 0.844. The summed E-state index contributed by atoms with van der Waals surface area (Å²) in [4.78, 5) is 4.39. The number of pyridine rings is 1. The lowest BCUT2D eigenvalue weighted by atomic mass is 10.1. The van der Waals surface area contributed by atoms with Crippen molar-refractivity contribution in [3.8, 4) is 0 Å². The van der Waals surface area contributed by atoms with E-state index < -0.39 is 0 Å². The summed E-state index contributed by atoms with van der Waals surface area (Å²) < 4.78 is 0. The Morgan fingerprint density at radius 2 is 1.75 bits per heavy atom. The molecule has 0 atom stereocenters. The van der Waals surface area contributed by atoms with Crippen molar-refractivity contribution < 1.29 is 0 Å². The van der Waals surface area contributed by atoms with Gasteiger partial charge >= 0.3 is 0 Å². The van der Waals surface area contributed by atoms with Crippen LogP contribution in [0, 0.1) is 13.8 Å². The predicted octanol–water partition coefficient (Wildman–Crippen LogP) is 3.31. The summed E-state index contributed by atoms with van der Waals surface area (Å²) in [5, 5.41) is 3.31. The van der Waals surface area contributed by atoms with Gasteiger partial charge in [0.1, 0.15) is 5.82 Å². The minimum absolute atomic E-state index is 0.816. The Labute approximate surface area is 96.4 Å². The molecule has 0 radical (unpaired) electrons. The Morgan fingerprint density at radius 1 is 1.00 bits per heavy atom. The zero-order chi connectivity index (χ0) is 11.4. The van der Waals surface area contributed by atoms with Gasteiger partial charge in [0.2, 0.25) is 0 Å². The topological polar surface area (TPSA) is 24.9 Å². The van der Waals surface area contributed by atoms with Gasteiger partial charge in [0, 0.05) is 12.2 Å². The van der Waals surface area contributed by atoms with Crippen molar-refractivity contribution in [1.82, 2.24) is 4.98 Å². The maximum atomic E-state index is 4.39. The molecule has 16 heavy (non-hydrogen) atoms. The molecule has 2 aromatic rings. The van der Waals surface area contributed by atoms with Gasteiger partial charge < -0.3 is 5.32 Å². The molecular weight excluding hydrogens is 196 g/mol. The Kier molecular flexibility index (Phi) is 3.20. The molecule has 0 bridgehead atoms. The van der Waals surface area contributed by atoms with Crippen LogP contribution in [0.15, 0.2) is 42.5 Å². The first kappa shape index (κ1) is 10.7. The first-order valence-electron chi connectivity index (χ1n) is 5.47. The Hall–Kier alpha value is -1.83. The molecule has 0 unspecified atom stereocenters. The summed E-state index contributed by atoms with van der Waals surface area (Å²) in [6.45, 7) is 4.91. The van der Waals surface area contributed by atoms with Gasteiger partial charge in [0.25, 0.3) is 0 Å². The fourth-order valence-corrected chi connectivity index (χ4v) is 1.54. The van der Waals surface area contributed by atoms with Crippen molar-refractivity contribution >= 4 is 5.82 Å². The second-order valence-electron chi connectivity index (χ2n) is 4.00.